The number of phenols is 2. The molecule has 10 atom stereocenters. The number of aromatic hydroxyl groups is 2. The minimum atomic E-state index is -0.948. The number of nitrogens with one attached hydrogen (secondary N) is 2. The van der Waals surface area contributed by atoms with Gasteiger partial charge in [0.15, 0.2) is 35.2 Å². The van der Waals surface area contributed by atoms with Gasteiger partial charge in [-0.25, -0.2) is 0 Å². The number of piperidine rings is 2. The number of ether oxygens (including phenoxy) is 2. The van der Waals surface area contributed by atoms with E-state index in [0.29, 0.717) is 37.2 Å². The van der Waals surface area contributed by atoms with Gasteiger partial charge in [-0.05, 0) is 74.6 Å². The fourth-order valence-electron chi connectivity index (χ4n) is 13.3. The van der Waals surface area contributed by atoms with E-state index in [0.717, 1.165) is 86.2 Å². The number of nitrogens with zero attached hydrogens (tertiary/aromatic N) is 2. The highest BCUT2D eigenvalue weighted by molar-refractivity contribution is 5.97. The van der Waals surface area contributed by atoms with Gasteiger partial charge in [0.1, 0.15) is 23.3 Å². The zero-order valence-electron chi connectivity index (χ0n) is 29.3. The van der Waals surface area contributed by atoms with E-state index in [-0.39, 0.29) is 48.4 Å². The Balaban J connectivity index is 0.00000169. The summed E-state index contributed by atoms with van der Waals surface area (Å²) in [6, 6.07) is 7.81. The molecule has 4 aliphatic heterocycles. The minimum Gasteiger partial charge on any atom is -1.00 e. The molecule has 6 fully saturated rings. The Kier molecular flexibility index (Phi) is 7.18. The molecule has 0 radical (unpaired) electrons. The molecule has 12 rings (SSSR count). The molecule has 12 heteroatoms. The molecule has 6 aliphatic carbocycles. The molecule has 6 N–H and O–H groups in total. The van der Waals surface area contributed by atoms with Crippen molar-refractivity contribution in [2.24, 2.45) is 22.0 Å². The van der Waals surface area contributed by atoms with Crippen LogP contribution in [0.1, 0.15) is 86.5 Å². The fourth-order valence-corrected chi connectivity index (χ4v) is 13.3. The van der Waals surface area contributed by atoms with E-state index >= 15 is 0 Å². The van der Waals surface area contributed by atoms with Gasteiger partial charge in [0.05, 0.1) is 48.4 Å². The van der Waals surface area contributed by atoms with Crippen LogP contribution in [0.2, 0.25) is 0 Å². The Morgan fingerprint density at radius 1 is 0.635 bits per heavy atom. The molecule has 278 valence electrons. The first-order valence-corrected chi connectivity index (χ1v) is 19.6. The van der Waals surface area contributed by atoms with Gasteiger partial charge < -0.3 is 64.5 Å². The number of rotatable bonds is 5. The number of hydrogen-bond acceptors (Lipinski definition) is 8. The lowest BCUT2D eigenvalue weighted by Crippen LogP contribution is -3.21. The SMILES string of the molecule is Oc1ccc2c3c1O[C@H]1/C(=N/N=C4\CC[C@@]5(O)[C@H]6Cc7ccc(O)c8c7[C@@]5(CC[NH+]6CC5CC5)[C@H]4O8)CC[C@@]4(O)[C@@H](C2)[NH+](CC2CC2)CC[C@]314.[Cl-].[Cl-]. The molecule has 4 heterocycles. The summed E-state index contributed by atoms with van der Waals surface area (Å²) in [6.07, 6.45) is 9.70. The van der Waals surface area contributed by atoms with Crippen molar-refractivity contribution in [1.29, 1.82) is 0 Å². The number of quaternary nitrogens is 2. The zero-order chi connectivity index (χ0) is 33.4. The highest BCUT2D eigenvalue weighted by atomic mass is 35.5. The van der Waals surface area contributed by atoms with E-state index < -0.39 is 34.2 Å². The van der Waals surface area contributed by atoms with E-state index in [2.05, 4.69) is 12.1 Å². The van der Waals surface area contributed by atoms with E-state index in [4.69, 9.17) is 19.7 Å². The predicted octanol–water partition coefficient (Wildman–Crippen LogP) is -5.10. The third-order valence-electron chi connectivity index (χ3n) is 15.9. The summed E-state index contributed by atoms with van der Waals surface area (Å²) in [5.41, 5.74) is 2.79. The van der Waals surface area contributed by atoms with E-state index in [1.54, 1.807) is 12.1 Å². The van der Waals surface area contributed by atoms with Crippen LogP contribution in [0, 0.1) is 11.8 Å². The predicted molar refractivity (Wildman–Crippen MR) is 183 cm³/mol. The fraction of sp³-hybridized carbons (Fsp3) is 0.650. The molecule has 4 saturated carbocycles. The summed E-state index contributed by atoms with van der Waals surface area (Å²) in [5, 5.41) is 58.1. The maximum Gasteiger partial charge on any atom is 0.166 e. The summed E-state index contributed by atoms with van der Waals surface area (Å²) in [7, 11) is 0. The van der Waals surface area contributed by atoms with Crippen LogP contribution in [-0.4, -0.2) is 93.5 Å². The van der Waals surface area contributed by atoms with Crippen LogP contribution in [0.25, 0.3) is 0 Å². The first-order valence-electron chi connectivity index (χ1n) is 19.6. The summed E-state index contributed by atoms with van der Waals surface area (Å²) < 4.78 is 13.5. The summed E-state index contributed by atoms with van der Waals surface area (Å²) in [6.45, 7) is 4.20. The average Bonchev–Trinajstić information content (AvgIpc) is 4.03. The van der Waals surface area contributed by atoms with Crippen molar-refractivity contribution in [2.75, 3.05) is 26.2 Å². The number of phenolic OH excluding ortho intramolecular Hbond substituents is 2. The smallest absolute Gasteiger partial charge is 0.166 e. The Bertz CT molecular complexity index is 1810. The Labute approximate surface area is 316 Å². The third-order valence-corrected chi connectivity index (χ3v) is 15.9. The number of halogens is 2. The van der Waals surface area contributed by atoms with Gasteiger partial charge in [-0.15, -0.1) is 0 Å². The maximum absolute atomic E-state index is 12.9. The molecule has 2 aromatic carbocycles. The topological polar surface area (TPSA) is 133 Å². The van der Waals surface area contributed by atoms with Crippen LogP contribution >= 0.6 is 0 Å². The van der Waals surface area contributed by atoms with E-state index in [9.17, 15) is 20.4 Å². The van der Waals surface area contributed by atoms with Crippen LogP contribution in [0.3, 0.4) is 0 Å². The van der Waals surface area contributed by atoms with Gasteiger partial charge in [0.25, 0.3) is 0 Å². The van der Waals surface area contributed by atoms with Crippen molar-refractivity contribution in [3.05, 3.63) is 46.5 Å². The van der Waals surface area contributed by atoms with Crippen LogP contribution in [0.5, 0.6) is 23.0 Å². The van der Waals surface area contributed by atoms with Crippen LogP contribution in [0.15, 0.2) is 34.5 Å². The molecule has 4 bridgehead atoms. The molecule has 2 spiro atoms. The highest BCUT2D eigenvalue weighted by Gasteiger charge is 2.76. The number of hydrogen-bond donors (Lipinski definition) is 6. The van der Waals surface area contributed by atoms with Crippen molar-refractivity contribution in [3.8, 4) is 23.0 Å². The van der Waals surface area contributed by atoms with Crippen molar-refractivity contribution in [1.82, 2.24) is 0 Å². The van der Waals surface area contributed by atoms with Gasteiger partial charge in [-0.2, -0.15) is 10.2 Å². The Morgan fingerprint density at radius 2 is 1.06 bits per heavy atom. The summed E-state index contributed by atoms with van der Waals surface area (Å²) in [5.74, 6) is 2.84. The van der Waals surface area contributed by atoms with Crippen molar-refractivity contribution < 1.29 is 64.5 Å². The van der Waals surface area contributed by atoms with Gasteiger partial charge in [-0.3, -0.25) is 0 Å². The van der Waals surface area contributed by atoms with Crippen molar-refractivity contribution in [3.63, 3.8) is 0 Å². The molecule has 10 aliphatic rings. The minimum absolute atomic E-state index is 0. The first kappa shape index (κ1) is 33.9. The van der Waals surface area contributed by atoms with Crippen LogP contribution < -0.4 is 44.1 Å². The molecule has 52 heavy (non-hydrogen) atoms. The Morgan fingerprint density at radius 3 is 1.46 bits per heavy atom. The molecule has 0 amide bonds. The largest absolute Gasteiger partial charge is 1.00 e. The molecule has 2 aromatic rings. The molecule has 0 aromatic heterocycles. The summed E-state index contributed by atoms with van der Waals surface area (Å²) >= 11 is 0. The average molecular weight is 752 g/mol. The lowest BCUT2D eigenvalue weighted by Gasteiger charge is -2.61. The molecule has 2 unspecified atom stereocenters. The first-order chi connectivity index (χ1) is 24.2. The molecule has 10 nitrogen and oxygen atoms in total. The lowest BCUT2D eigenvalue weighted by molar-refractivity contribution is -0.943. The van der Waals surface area contributed by atoms with Crippen molar-refractivity contribution in [2.45, 2.75) is 123 Å². The van der Waals surface area contributed by atoms with E-state index in [1.165, 1.54) is 46.6 Å². The van der Waals surface area contributed by atoms with Gasteiger partial charge in [0.2, 0.25) is 0 Å². The Hall–Kier alpha value is -2.60. The number of benzene rings is 2. The van der Waals surface area contributed by atoms with Gasteiger partial charge in [0, 0.05) is 48.6 Å². The van der Waals surface area contributed by atoms with Crippen molar-refractivity contribution >= 4 is 11.4 Å². The third kappa shape index (κ3) is 3.97. The van der Waals surface area contributed by atoms with E-state index in [1.807, 2.05) is 0 Å². The monoisotopic (exact) mass is 750 g/mol. The lowest BCUT2D eigenvalue weighted by atomic mass is 9.48. The molecular weight excluding hydrogens is 703 g/mol. The number of likely N-dealkylation sites (tertiary alicyclic amines) is 2. The van der Waals surface area contributed by atoms with Gasteiger partial charge in [-0.1, -0.05) is 12.1 Å². The standard InChI is InChI=1S/C40H46N4O6.2ClH/c45-27-7-5-23-17-29-39(47)11-9-25(35-37(39,31(23)33(27)49-35)13-15-43(29)19-21-1-2-21)41-42-26-10-12-40(48)30-18-24-6-8-28(46)34-32(24)38(40,36(26)50-34)14-16-44(30)20-22-3-4-22;;/h5-8,21-22,29-30,35-36,45-48H,1-4,9-20H2;2*1H/b41-25+,42-26+;;/t29-,30-,35+,36+,37+,38+,39-,40-;;/m1../s1. The quantitative estimate of drug-likeness (QED) is 0.170. The maximum atomic E-state index is 12.9. The van der Waals surface area contributed by atoms with Crippen LogP contribution in [0.4, 0.5) is 0 Å². The zero-order valence-corrected chi connectivity index (χ0v) is 30.9. The normalized spacial score (nSPS) is 43.8. The molecule has 2 saturated heterocycles. The van der Waals surface area contributed by atoms with Crippen LogP contribution in [-0.2, 0) is 23.7 Å². The highest BCUT2D eigenvalue weighted by Crippen LogP contribution is 2.65. The van der Waals surface area contributed by atoms with Gasteiger partial charge >= 0.3 is 0 Å². The second-order valence-corrected chi connectivity index (χ2v) is 18.0. The second kappa shape index (κ2) is 11.0. The summed E-state index contributed by atoms with van der Waals surface area (Å²) in [4.78, 5) is 3.05. The number of aliphatic hydroxyl groups is 2. The molecular formula is C40H48Cl2N4O6. The second-order valence-electron chi connectivity index (χ2n) is 18.0.